The molecule has 168 valence electrons. The van der Waals surface area contributed by atoms with Crippen LogP contribution in [0.4, 0.5) is 16.2 Å². The van der Waals surface area contributed by atoms with Gasteiger partial charge in [0.25, 0.3) is 0 Å². The van der Waals surface area contributed by atoms with Crippen molar-refractivity contribution in [2.75, 3.05) is 38.0 Å². The van der Waals surface area contributed by atoms with Crippen molar-refractivity contribution in [3.63, 3.8) is 0 Å². The second-order valence-electron chi connectivity index (χ2n) is 7.14. The van der Waals surface area contributed by atoms with Crippen LogP contribution in [0.5, 0.6) is 0 Å². The largest absolute Gasteiger partial charge is 0.460 e. The Labute approximate surface area is 192 Å². The first kappa shape index (κ1) is 23.2. The lowest BCUT2D eigenvalue weighted by atomic mass is 9.95. The smallest absolute Gasteiger partial charge is 0.338 e. The van der Waals surface area contributed by atoms with E-state index in [-0.39, 0.29) is 12.6 Å². The molecule has 1 heterocycles. The predicted molar refractivity (Wildman–Crippen MR) is 127 cm³/mol. The molecule has 0 fully saturated rings. The summed E-state index contributed by atoms with van der Waals surface area (Å²) in [5, 5.41) is 9.26. The monoisotopic (exact) mass is 454 g/mol. The maximum atomic E-state index is 12.8. The average molecular weight is 455 g/mol. The number of nitrogens with zero attached hydrogens (tertiary/aromatic N) is 1. The molecule has 0 saturated carbocycles. The molecule has 0 radical (unpaired) electrons. The van der Waals surface area contributed by atoms with E-state index in [2.05, 4.69) is 16.0 Å². The molecule has 2 aromatic carbocycles. The fourth-order valence-corrected chi connectivity index (χ4v) is 3.47. The number of amides is 2. The minimum atomic E-state index is -0.471. The zero-order valence-corrected chi connectivity index (χ0v) is 19.0. The number of hydrogen-bond acceptors (Lipinski definition) is 5. The lowest BCUT2D eigenvalue weighted by molar-refractivity contribution is -0.140. The van der Waals surface area contributed by atoms with E-state index in [0.717, 1.165) is 5.56 Å². The number of hydrogen-bond donors (Lipinski definition) is 3. The molecule has 2 aromatic rings. The third-order valence-corrected chi connectivity index (χ3v) is 5.42. The molecule has 0 spiro atoms. The normalized spacial score (nSPS) is 15.8. The summed E-state index contributed by atoms with van der Waals surface area (Å²) >= 11 is 5.42. The molecule has 8 nitrogen and oxygen atoms in total. The van der Waals surface area contributed by atoms with Gasteiger partial charge in [0.05, 0.1) is 18.2 Å². The quantitative estimate of drug-likeness (QED) is 0.334. The molecule has 0 aromatic heterocycles. The third-order valence-electron chi connectivity index (χ3n) is 5.03. The first-order valence-electron chi connectivity index (χ1n) is 10.0. The van der Waals surface area contributed by atoms with Crippen LogP contribution in [0.3, 0.4) is 0 Å². The Bertz CT molecular complexity index is 1010. The third kappa shape index (κ3) is 5.63. The number of urea groups is 1. The van der Waals surface area contributed by atoms with Gasteiger partial charge in [-0.25, -0.2) is 9.59 Å². The van der Waals surface area contributed by atoms with Crippen molar-refractivity contribution in [2.45, 2.75) is 13.0 Å². The van der Waals surface area contributed by atoms with E-state index >= 15 is 0 Å². The van der Waals surface area contributed by atoms with Crippen LogP contribution in [-0.4, -0.2) is 49.4 Å². The minimum Gasteiger partial charge on any atom is -0.460 e. The molecule has 0 saturated heterocycles. The molecule has 3 N–H and O–H groups in total. The number of esters is 1. The highest BCUT2D eigenvalue weighted by atomic mass is 32.1. The van der Waals surface area contributed by atoms with Crippen LogP contribution in [0.2, 0.25) is 0 Å². The van der Waals surface area contributed by atoms with Crippen molar-refractivity contribution in [1.29, 1.82) is 0 Å². The van der Waals surface area contributed by atoms with Gasteiger partial charge >= 0.3 is 12.0 Å². The summed E-state index contributed by atoms with van der Waals surface area (Å²) in [4.78, 5) is 26.8. The highest BCUT2D eigenvalue weighted by Crippen LogP contribution is 2.31. The first-order valence-corrected chi connectivity index (χ1v) is 10.5. The molecule has 9 heteroatoms. The molecule has 3 rings (SSSR count). The molecular formula is C23H26N4O4S. The Morgan fingerprint density at radius 2 is 1.66 bits per heavy atom. The molecule has 1 unspecified atom stereocenters. The average Bonchev–Trinajstić information content (AvgIpc) is 2.78. The number of anilines is 2. The van der Waals surface area contributed by atoms with E-state index < -0.39 is 12.0 Å². The molecule has 0 aliphatic carbocycles. The lowest BCUT2D eigenvalue weighted by Crippen LogP contribution is -2.46. The van der Waals surface area contributed by atoms with Gasteiger partial charge in [-0.1, -0.05) is 30.3 Å². The van der Waals surface area contributed by atoms with Crippen molar-refractivity contribution in [3.05, 3.63) is 71.4 Å². The van der Waals surface area contributed by atoms with Crippen molar-refractivity contribution in [3.8, 4) is 0 Å². The Hall–Kier alpha value is -3.43. The zero-order chi connectivity index (χ0) is 23.1. The number of carbonyl (C=O) groups excluding carboxylic acids is 2. The molecule has 1 aliphatic rings. The topological polar surface area (TPSA) is 91.9 Å². The van der Waals surface area contributed by atoms with Gasteiger partial charge in [-0.2, -0.15) is 0 Å². The number of thiocarbonyl (C=S) groups is 1. The summed E-state index contributed by atoms with van der Waals surface area (Å²) < 4.78 is 10.3. The molecule has 0 bridgehead atoms. The minimum absolute atomic E-state index is 0.159. The van der Waals surface area contributed by atoms with E-state index in [1.807, 2.05) is 37.3 Å². The van der Waals surface area contributed by atoms with Gasteiger partial charge in [0, 0.05) is 31.2 Å². The Balaban J connectivity index is 1.75. The first-order chi connectivity index (χ1) is 15.4. The Morgan fingerprint density at radius 1 is 1.03 bits per heavy atom. The van der Waals surface area contributed by atoms with Crippen LogP contribution in [0, 0.1) is 0 Å². The standard InChI is InChI=1S/C23H26N4O4S/c1-15-19(21(28)31-14-13-30-3)20(26-23(32)27(15)2)16-9-11-18(12-10-16)25-22(29)24-17-7-5-4-6-8-17/h4-12,20H,13-14H2,1-3H3,(H,26,32)(H2,24,25,29). The van der Waals surface area contributed by atoms with Gasteiger partial charge in [0.2, 0.25) is 0 Å². The molecule has 2 amide bonds. The maximum absolute atomic E-state index is 12.8. The fraction of sp³-hybridized carbons (Fsp3) is 0.261. The number of methoxy groups -OCH3 is 1. The van der Waals surface area contributed by atoms with E-state index in [1.165, 1.54) is 0 Å². The number of ether oxygens (including phenoxy) is 2. The van der Waals surface area contributed by atoms with Gasteiger partial charge in [0.1, 0.15) is 6.61 Å². The SMILES string of the molecule is COCCOC(=O)C1=C(C)N(C)C(=S)NC1c1ccc(NC(=O)Nc2ccccc2)cc1. The van der Waals surface area contributed by atoms with Crippen LogP contribution >= 0.6 is 12.2 Å². The zero-order valence-electron chi connectivity index (χ0n) is 18.2. The number of carbonyl (C=O) groups is 2. The molecule has 32 heavy (non-hydrogen) atoms. The Morgan fingerprint density at radius 3 is 2.28 bits per heavy atom. The van der Waals surface area contributed by atoms with Crippen LogP contribution in [0.25, 0.3) is 0 Å². The summed E-state index contributed by atoms with van der Waals surface area (Å²) in [5.41, 5.74) is 3.31. The Kier molecular flexibility index (Phi) is 7.80. The summed E-state index contributed by atoms with van der Waals surface area (Å²) in [5.74, 6) is -0.434. The number of benzene rings is 2. The second kappa shape index (κ2) is 10.7. The van der Waals surface area contributed by atoms with Crippen molar-refractivity contribution < 1.29 is 19.1 Å². The highest BCUT2D eigenvalue weighted by molar-refractivity contribution is 7.80. The summed E-state index contributed by atoms with van der Waals surface area (Å²) in [7, 11) is 3.34. The van der Waals surface area contributed by atoms with Crippen LogP contribution < -0.4 is 16.0 Å². The van der Waals surface area contributed by atoms with E-state index in [9.17, 15) is 9.59 Å². The van der Waals surface area contributed by atoms with Crippen LogP contribution in [-0.2, 0) is 14.3 Å². The molecule has 1 atom stereocenters. The van der Waals surface area contributed by atoms with Gasteiger partial charge < -0.3 is 30.3 Å². The lowest BCUT2D eigenvalue weighted by Gasteiger charge is -2.35. The van der Waals surface area contributed by atoms with Crippen LogP contribution in [0.1, 0.15) is 18.5 Å². The van der Waals surface area contributed by atoms with E-state index in [0.29, 0.717) is 34.4 Å². The van der Waals surface area contributed by atoms with E-state index in [4.69, 9.17) is 21.7 Å². The molecule has 1 aliphatic heterocycles. The van der Waals surface area contributed by atoms with Crippen molar-refractivity contribution in [2.24, 2.45) is 0 Å². The van der Waals surface area contributed by atoms with E-state index in [1.54, 1.807) is 43.3 Å². The number of para-hydroxylation sites is 1. The highest BCUT2D eigenvalue weighted by Gasteiger charge is 2.33. The van der Waals surface area contributed by atoms with Crippen molar-refractivity contribution >= 4 is 40.7 Å². The van der Waals surface area contributed by atoms with Gasteiger partial charge in [-0.3, -0.25) is 0 Å². The molecular weight excluding hydrogens is 428 g/mol. The maximum Gasteiger partial charge on any atom is 0.338 e. The number of nitrogens with one attached hydrogen (secondary N) is 3. The number of rotatable bonds is 7. The van der Waals surface area contributed by atoms with Gasteiger partial charge in [-0.15, -0.1) is 0 Å². The van der Waals surface area contributed by atoms with Gasteiger partial charge in [0.15, 0.2) is 5.11 Å². The van der Waals surface area contributed by atoms with Crippen molar-refractivity contribution in [1.82, 2.24) is 10.2 Å². The van der Waals surface area contributed by atoms with Crippen LogP contribution in [0.15, 0.2) is 65.9 Å². The second-order valence-corrected chi connectivity index (χ2v) is 7.52. The summed E-state index contributed by atoms with van der Waals surface area (Å²) in [6, 6.07) is 15.6. The summed E-state index contributed by atoms with van der Waals surface area (Å²) in [6.45, 7) is 2.30. The van der Waals surface area contributed by atoms with Gasteiger partial charge in [-0.05, 0) is 49.0 Å². The summed E-state index contributed by atoms with van der Waals surface area (Å²) in [6.07, 6.45) is 0. The fourth-order valence-electron chi connectivity index (χ4n) is 3.22. The predicted octanol–water partition coefficient (Wildman–Crippen LogP) is 3.66. The number of allylic oxidation sites excluding steroid dienone is 1.